The Morgan fingerprint density at radius 2 is 2.00 bits per heavy atom. The first-order valence-corrected chi connectivity index (χ1v) is 6.91. The molecule has 0 aliphatic carbocycles. The first-order valence-electron chi connectivity index (χ1n) is 6.54. The summed E-state index contributed by atoms with van der Waals surface area (Å²) in [5.41, 5.74) is 1.75. The highest BCUT2D eigenvalue weighted by Gasteiger charge is 2.10. The molecule has 0 saturated heterocycles. The van der Waals surface area contributed by atoms with Crippen molar-refractivity contribution >= 4 is 11.6 Å². The van der Waals surface area contributed by atoms with E-state index in [2.05, 4.69) is 5.32 Å². The third-order valence-electron chi connectivity index (χ3n) is 3.00. The number of ether oxygens (including phenoxy) is 1. The van der Waals surface area contributed by atoms with Crippen LogP contribution in [0, 0.1) is 12.7 Å². The molecule has 0 aromatic heterocycles. The van der Waals surface area contributed by atoms with E-state index in [1.54, 1.807) is 6.07 Å². The molecule has 0 amide bonds. The Labute approximate surface area is 123 Å². The summed E-state index contributed by atoms with van der Waals surface area (Å²) in [6.45, 7) is 5.35. The Kier molecular flexibility index (Phi) is 4.99. The van der Waals surface area contributed by atoms with Gasteiger partial charge in [0.2, 0.25) is 0 Å². The van der Waals surface area contributed by atoms with Crippen LogP contribution in [-0.2, 0) is 6.54 Å². The second-order valence-corrected chi connectivity index (χ2v) is 4.92. The zero-order chi connectivity index (χ0) is 14.5. The predicted octanol–water partition coefficient (Wildman–Crippen LogP) is 4.69. The fourth-order valence-corrected chi connectivity index (χ4v) is 2.09. The minimum atomic E-state index is -0.319. The van der Waals surface area contributed by atoms with E-state index in [0.29, 0.717) is 23.1 Å². The van der Waals surface area contributed by atoms with Crippen LogP contribution >= 0.6 is 11.6 Å². The van der Waals surface area contributed by atoms with Crippen LogP contribution in [-0.4, -0.2) is 6.54 Å². The summed E-state index contributed by atoms with van der Waals surface area (Å²) in [5, 5.41) is 3.86. The molecule has 2 rings (SSSR count). The Morgan fingerprint density at radius 1 is 1.20 bits per heavy atom. The number of benzene rings is 2. The van der Waals surface area contributed by atoms with Gasteiger partial charge in [0.15, 0.2) is 0 Å². The highest BCUT2D eigenvalue weighted by molar-refractivity contribution is 6.31. The van der Waals surface area contributed by atoms with E-state index in [0.717, 1.165) is 17.7 Å². The molecular formula is C16H17ClFNO. The summed E-state index contributed by atoms with van der Waals surface area (Å²) in [4.78, 5) is 0. The molecule has 0 radical (unpaired) electrons. The number of halogens is 2. The van der Waals surface area contributed by atoms with Crippen molar-refractivity contribution in [3.05, 3.63) is 58.4 Å². The Morgan fingerprint density at radius 3 is 2.75 bits per heavy atom. The van der Waals surface area contributed by atoms with E-state index >= 15 is 0 Å². The Balaban J connectivity index is 2.33. The van der Waals surface area contributed by atoms with E-state index in [-0.39, 0.29) is 5.82 Å². The van der Waals surface area contributed by atoms with Crippen LogP contribution in [0.5, 0.6) is 11.5 Å². The zero-order valence-corrected chi connectivity index (χ0v) is 12.3. The van der Waals surface area contributed by atoms with Crippen molar-refractivity contribution < 1.29 is 9.13 Å². The van der Waals surface area contributed by atoms with Gasteiger partial charge in [-0.25, -0.2) is 4.39 Å². The lowest BCUT2D eigenvalue weighted by atomic mass is 10.2. The first-order chi connectivity index (χ1) is 9.61. The van der Waals surface area contributed by atoms with Gasteiger partial charge in [-0.15, -0.1) is 0 Å². The normalized spacial score (nSPS) is 10.6. The molecule has 0 fully saturated rings. The summed E-state index contributed by atoms with van der Waals surface area (Å²) in [5.74, 6) is 0.832. The second kappa shape index (κ2) is 6.73. The number of hydrogen-bond donors (Lipinski definition) is 1. The summed E-state index contributed by atoms with van der Waals surface area (Å²) in [6.07, 6.45) is 0. The van der Waals surface area contributed by atoms with E-state index < -0.39 is 0 Å². The topological polar surface area (TPSA) is 21.3 Å². The molecule has 4 heteroatoms. The average Bonchev–Trinajstić information content (AvgIpc) is 2.42. The van der Waals surface area contributed by atoms with Crippen molar-refractivity contribution in [2.75, 3.05) is 6.54 Å². The van der Waals surface area contributed by atoms with Gasteiger partial charge in [-0.2, -0.15) is 0 Å². The first kappa shape index (κ1) is 14.8. The predicted molar refractivity (Wildman–Crippen MR) is 80.0 cm³/mol. The van der Waals surface area contributed by atoms with Crippen molar-refractivity contribution in [2.24, 2.45) is 0 Å². The molecule has 106 valence electrons. The minimum Gasteiger partial charge on any atom is -0.457 e. The number of aryl methyl sites for hydroxylation is 1. The summed E-state index contributed by atoms with van der Waals surface area (Å²) >= 11 is 6.21. The van der Waals surface area contributed by atoms with Gasteiger partial charge >= 0.3 is 0 Å². The van der Waals surface area contributed by atoms with Crippen molar-refractivity contribution in [3.8, 4) is 11.5 Å². The highest BCUT2D eigenvalue weighted by Crippen LogP contribution is 2.32. The fourth-order valence-electron chi connectivity index (χ4n) is 1.86. The lowest BCUT2D eigenvalue weighted by molar-refractivity contribution is 0.464. The van der Waals surface area contributed by atoms with Crippen LogP contribution in [0.3, 0.4) is 0 Å². The van der Waals surface area contributed by atoms with Crippen molar-refractivity contribution in [2.45, 2.75) is 20.4 Å². The summed E-state index contributed by atoms with van der Waals surface area (Å²) in [7, 11) is 0. The monoisotopic (exact) mass is 293 g/mol. The van der Waals surface area contributed by atoms with Crippen LogP contribution < -0.4 is 10.1 Å². The maximum absolute atomic E-state index is 13.3. The molecule has 0 bridgehead atoms. The van der Waals surface area contributed by atoms with Gasteiger partial charge in [-0.05, 0) is 37.2 Å². The molecule has 20 heavy (non-hydrogen) atoms. The largest absolute Gasteiger partial charge is 0.457 e. The van der Waals surface area contributed by atoms with E-state index in [1.165, 1.54) is 12.1 Å². The molecule has 2 aromatic carbocycles. The number of hydrogen-bond acceptors (Lipinski definition) is 2. The molecule has 1 N–H and O–H groups in total. The third-order valence-corrected chi connectivity index (χ3v) is 3.35. The molecule has 0 unspecified atom stereocenters. The lowest BCUT2D eigenvalue weighted by Gasteiger charge is -2.14. The maximum Gasteiger partial charge on any atom is 0.133 e. The SMILES string of the molecule is CCNCc1c(Cl)cccc1Oc1cc(F)ccc1C. The molecule has 0 spiro atoms. The van der Waals surface area contributed by atoms with E-state index in [1.807, 2.05) is 32.0 Å². The third kappa shape index (κ3) is 3.50. The minimum absolute atomic E-state index is 0.319. The van der Waals surface area contributed by atoms with Crippen LogP contribution in [0.15, 0.2) is 36.4 Å². The van der Waals surface area contributed by atoms with Crippen LogP contribution in [0.2, 0.25) is 5.02 Å². The quantitative estimate of drug-likeness (QED) is 0.863. The van der Waals surface area contributed by atoms with Gasteiger partial charge in [-0.1, -0.05) is 30.7 Å². The molecule has 0 aliphatic rings. The molecule has 0 heterocycles. The standard InChI is InChI=1S/C16H17ClFNO/c1-3-19-10-13-14(17)5-4-6-15(13)20-16-9-12(18)8-7-11(16)2/h4-9,19H,3,10H2,1-2H3. The maximum atomic E-state index is 13.3. The van der Waals surface area contributed by atoms with Gasteiger partial charge in [0.1, 0.15) is 17.3 Å². The fraction of sp³-hybridized carbons (Fsp3) is 0.250. The lowest BCUT2D eigenvalue weighted by Crippen LogP contribution is -2.12. The van der Waals surface area contributed by atoms with Crippen LogP contribution in [0.25, 0.3) is 0 Å². The second-order valence-electron chi connectivity index (χ2n) is 4.51. The van der Waals surface area contributed by atoms with Crippen molar-refractivity contribution in [3.63, 3.8) is 0 Å². The summed E-state index contributed by atoms with van der Waals surface area (Å²) in [6, 6.07) is 9.97. The molecular weight excluding hydrogens is 277 g/mol. The molecule has 0 aliphatic heterocycles. The highest BCUT2D eigenvalue weighted by atomic mass is 35.5. The van der Waals surface area contributed by atoms with Crippen molar-refractivity contribution in [1.82, 2.24) is 5.32 Å². The number of rotatable bonds is 5. The molecule has 2 nitrogen and oxygen atoms in total. The van der Waals surface area contributed by atoms with Crippen LogP contribution in [0.4, 0.5) is 4.39 Å². The van der Waals surface area contributed by atoms with E-state index in [4.69, 9.17) is 16.3 Å². The molecule has 0 saturated carbocycles. The van der Waals surface area contributed by atoms with Gasteiger partial charge in [-0.3, -0.25) is 0 Å². The number of nitrogens with one attached hydrogen (secondary N) is 1. The van der Waals surface area contributed by atoms with Gasteiger partial charge in [0.05, 0.1) is 0 Å². The van der Waals surface area contributed by atoms with Gasteiger partial charge in [0.25, 0.3) is 0 Å². The smallest absolute Gasteiger partial charge is 0.133 e. The Bertz CT molecular complexity index is 601. The van der Waals surface area contributed by atoms with Gasteiger partial charge < -0.3 is 10.1 Å². The van der Waals surface area contributed by atoms with Crippen molar-refractivity contribution in [1.29, 1.82) is 0 Å². The molecule has 2 aromatic rings. The van der Waals surface area contributed by atoms with Gasteiger partial charge in [0, 0.05) is 23.2 Å². The Hall–Kier alpha value is -1.58. The zero-order valence-electron chi connectivity index (χ0n) is 11.5. The average molecular weight is 294 g/mol. The molecule has 0 atom stereocenters. The van der Waals surface area contributed by atoms with E-state index in [9.17, 15) is 4.39 Å². The van der Waals surface area contributed by atoms with Crippen LogP contribution in [0.1, 0.15) is 18.1 Å². The summed E-state index contributed by atoms with van der Waals surface area (Å²) < 4.78 is 19.1.